The van der Waals surface area contributed by atoms with Gasteiger partial charge in [-0.2, -0.15) is 0 Å². The molecule has 0 spiro atoms. The molecular weight excluding hydrogens is 435 g/mol. The number of fused-ring (bicyclic) bond motifs is 1. The maximum absolute atomic E-state index is 14.6. The third-order valence-corrected chi connectivity index (χ3v) is 5.84. The Kier molecular flexibility index (Phi) is 6.77. The molecule has 2 heterocycles. The fraction of sp³-hybridized carbons (Fsp3) is 0.269. The number of rotatable bonds is 9. The molecular formula is C26H27FN4O3. The molecule has 176 valence electrons. The number of nitrogens with zero attached hydrogens (tertiary/aromatic N) is 3. The van der Waals surface area contributed by atoms with Gasteiger partial charge in [-0.25, -0.2) is 19.2 Å². The monoisotopic (exact) mass is 462 g/mol. The molecule has 4 aromatic rings. The van der Waals surface area contributed by atoms with Crippen LogP contribution in [0.5, 0.6) is 5.75 Å². The van der Waals surface area contributed by atoms with Crippen LogP contribution in [0.15, 0.2) is 48.8 Å². The fourth-order valence-electron chi connectivity index (χ4n) is 4.29. The van der Waals surface area contributed by atoms with Crippen molar-refractivity contribution in [2.75, 3.05) is 19.0 Å². The number of aromatic nitrogens is 3. The van der Waals surface area contributed by atoms with Crippen LogP contribution in [0, 0.1) is 12.7 Å². The summed E-state index contributed by atoms with van der Waals surface area (Å²) in [5, 5.41) is 13.8. The third-order valence-electron chi connectivity index (χ3n) is 5.84. The van der Waals surface area contributed by atoms with Crippen LogP contribution in [-0.4, -0.2) is 39.3 Å². The summed E-state index contributed by atoms with van der Waals surface area (Å²) in [6, 6.07) is 12.8. The Hall–Kier alpha value is -3.94. The summed E-state index contributed by atoms with van der Waals surface area (Å²) in [7, 11) is 1.67. The number of benzene rings is 2. The summed E-state index contributed by atoms with van der Waals surface area (Å²) >= 11 is 0. The number of halogens is 1. The molecule has 0 amide bonds. The number of hydrogen-bond acceptors (Lipinski definition) is 5. The number of carboxylic acids is 1. The first-order valence-electron chi connectivity index (χ1n) is 11.2. The van der Waals surface area contributed by atoms with E-state index in [1.807, 2.05) is 19.1 Å². The fourth-order valence-corrected chi connectivity index (χ4v) is 4.29. The first-order valence-corrected chi connectivity index (χ1v) is 11.2. The molecule has 0 saturated carbocycles. The predicted octanol–water partition coefficient (Wildman–Crippen LogP) is 5.32. The lowest BCUT2D eigenvalue weighted by molar-refractivity contribution is 0.0690. The standard InChI is InChI=1S/C26H27FN4O3/c1-4-6-17-12-18(13-20(27)25(17)26(32)33)21-14-24(30-15-29-21)28-9-10-31-16(2)11-19-22(31)7-5-8-23(19)34-3/h5,7-8,11-15H,4,6,9-10H2,1-3H3,(H,32,33)(H,28,29,30). The van der Waals surface area contributed by atoms with Gasteiger partial charge in [0.25, 0.3) is 0 Å². The Morgan fingerprint density at radius 2 is 2.03 bits per heavy atom. The van der Waals surface area contributed by atoms with Crippen molar-refractivity contribution >= 4 is 22.7 Å². The molecule has 7 nitrogen and oxygen atoms in total. The molecule has 0 aliphatic heterocycles. The second-order valence-electron chi connectivity index (χ2n) is 8.09. The lowest BCUT2D eigenvalue weighted by Gasteiger charge is -2.12. The number of aryl methyl sites for hydroxylation is 2. The van der Waals surface area contributed by atoms with Crippen LogP contribution in [0.3, 0.4) is 0 Å². The normalized spacial score (nSPS) is 11.1. The van der Waals surface area contributed by atoms with Crippen molar-refractivity contribution in [3.8, 4) is 17.0 Å². The van der Waals surface area contributed by atoms with Crippen LogP contribution in [0.4, 0.5) is 10.2 Å². The summed E-state index contributed by atoms with van der Waals surface area (Å²) in [6.45, 7) is 5.32. The number of methoxy groups -OCH3 is 1. The minimum atomic E-state index is -1.26. The van der Waals surface area contributed by atoms with E-state index >= 15 is 0 Å². The van der Waals surface area contributed by atoms with E-state index in [2.05, 4.69) is 38.9 Å². The zero-order valence-corrected chi connectivity index (χ0v) is 19.4. The number of ether oxygens (including phenoxy) is 1. The van der Waals surface area contributed by atoms with E-state index in [0.29, 0.717) is 48.6 Å². The minimum Gasteiger partial charge on any atom is -0.496 e. The molecule has 0 atom stereocenters. The van der Waals surface area contributed by atoms with Gasteiger partial charge in [-0.3, -0.25) is 0 Å². The summed E-state index contributed by atoms with van der Waals surface area (Å²) in [5.41, 5.74) is 3.46. The van der Waals surface area contributed by atoms with Crippen LogP contribution < -0.4 is 10.1 Å². The molecule has 2 aromatic heterocycles. The summed E-state index contributed by atoms with van der Waals surface area (Å²) in [5.74, 6) is -0.567. The maximum Gasteiger partial charge on any atom is 0.338 e. The predicted molar refractivity (Wildman–Crippen MR) is 130 cm³/mol. The van der Waals surface area contributed by atoms with Crippen molar-refractivity contribution in [3.05, 3.63) is 71.4 Å². The summed E-state index contributed by atoms with van der Waals surface area (Å²) < 4.78 is 22.3. The van der Waals surface area contributed by atoms with Gasteiger partial charge >= 0.3 is 5.97 Å². The van der Waals surface area contributed by atoms with Crippen molar-refractivity contribution in [2.24, 2.45) is 0 Å². The molecule has 34 heavy (non-hydrogen) atoms. The van der Waals surface area contributed by atoms with Crippen LogP contribution in [0.25, 0.3) is 22.2 Å². The molecule has 0 radical (unpaired) electrons. The van der Waals surface area contributed by atoms with Gasteiger partial charge in [0.15, 0.2) is 0 Å². The van der Waals surface area contributed by atoms with E-state index in [1.165, 1.54) is 12.4 Å². The lowest BCUT2D eigenvalue weighted by atomic mass is 9.98. The first kappa shape index (κ1) is 23.2. The van der Waals surface area contributed by atoms with Gasteiger partial charge in [0, 0.05) is 35.8 Å². The van der Waals surface area contributed by atoms with E-state index in [1.54, 1.807) is 19.2 Å². The molecule has 0 unspecified atom stereocenters. The Labute approximate surface area is 197 Å². The van der Waals surface area contributed by atoms with Crippen molar-refractivity contribution < 1.29 is 19.0 Å². The van der Waals surface area contributed by atoms with Crippen molar-refractivity contribution in [1.82, 2.24) is 14.5 Å². The first-order chi connectivity index (χ1) is 16.4. The minimum absolute atomic E-state index is 0.274. The molecule has 0 saturated heterocycles. The summed E-state index contributed by atoms with van der Waals surface area (Å²) in [4.78, 5) is 20.0. The number of carbonyl (C=O) groups is 1. The second-order valence-corrected chi connectivity index (χ2v) is 8.09. The third kappa shape index (κ3) is 4.57. The van der Waals surface area contributed by atoms with Gasteiger partial charge < -0.3 is 19.7 Å². The summed E-state index contributed by atoms with van der Waals surface area (Å²) in [6.07, 6.45) is 2.60. The van der Waals surface area contributed by atoms with Crippen molar-refractivity contribution in [1.29, 1.82) is 0 Å². The molecule has 0 aliphatic carbocycles. The van der Waals surface area contributed by atoms with E-state index in [0.717, 1.165) is 22.3 Å². The highest BCUT2D eigenvalue weighted by atomic mass is 19.1. The molecule has 0 bridgehead atoms. The van der Waals surface area contributed by atoms with Crippen molar-refractivity contribution in [3.63, 3.8) is 0 Å². The molecule has 0 aliphatic rings. The zero-order chi connectivity index (χ0) is 24.2. The van der Waals surface area contributed by atoms with Crippen LogP contribution in [0.1, 0.15) is 35.0 Å². The number of hydrogen-bond donors (Lipinski definition) is 2. The second kappa shape index (κ2) is 9.91. The SMILES string of the molecule is CCCc1cc(-c2cc(NCCn3c(C)cc4c(OC)cccc43)ncn2)cc(F)c1C(=O)O. The Bertz CT molecular complexity index is 1350. The highest BCUT2D eigenvalue weighted by Gasteiger charge is 2.18. The molecule has 8 heteroatoms. The van der Waals surface area contributed by atoms with Gasteiger partial charge in [0.1, 0.15) is 23.7 Å². The van der Waals surface area contributed by atoms with E-state index < -0.39 is 11.8 Å². The van der Waals surface area contributed by atoms with Gasteiger partial charge in [0.05, 0.1) is 23.9 Å². The van der Waals surface area contributed by atoms with Gasteiger partial charge in [-0.15, -0.1) is 0 Å². The van der Waals surface area contributed by atoms with Gasteiger partial charge in [-0.1, -0.05) is 19.4 Å². The smallest absolute Gasteiger partial charge is 0.338 e. The highest BCUT2D eigenvalue weighted by Crippen LogP contribution is 2.29. The number of aromatic carboxylic acids is 1. The average molecular weight is 463 g/mol. The average Bonchev–Trinajstić information content (AvgIpc) is 3.14. The van der Waals surface area contributed by atoms with Crippen LogP contribution >= 0.6 is 0 Å². The van der Waals surface area contributed by atoms with E-state index in [-0.39, 0.29) is 5.56 Å². The maximum atomic E-state index is 14.6. The van der Waals surface area contributed by atoms with E-state index in [9.17, 15) is 14.3 Å². The van der Waals surface area contributed by atoms with Crippen LogP contribution in [-0.2, 0) is 13.0 Å². The molecule has 4 rings (SSSR count). The van der Waals surface area contributed by atoms with Gasteiger partial charge in [0.2, 0.25) is 0 Å². The highest BCUT2D eigenvalue weighted by molar-refractivity contribution is 5.91. The lowest BCUT2D eigenvalue weighted by Crippen LogP contribution is -2.12. The number of anilines is 1. The topological polar surface area (TPSA) is 89.3 Å². The molecule has 2 aromatic carbocycles. The largest absolute Gasteiger partial charge is 0.496 e. The Morgan fingerprint density at radius 3 is 2.76 bits per heavy atom. The van der Waals surface area contributed by atoms with Gasteiger partial charge in [-0.05, 0) is 49.2 Å². The Morgan fingerprint density at radius 1 is 1.21 bits per heavy atom. The zero-order valence-electron chi connectivity index (χ0n) is 19.4. The Balaban J connectivity index is 1.54. The quantitative estimate of drug-likeness (QED) is 0.350. The number of nitrogens with one attached hydrogen (secondary N) is 1. The molecule has 0 fully saturated rings. The number of carboxylic acid groups (broad SMARTS) is 1. The molecule has 2 N–H and O–H groups in total. The van der Waals surface area contributed by atoms with Crippen molar-refractivity contribution in [2.45, 2.75) is 33.2 Å². The van der Waals surface area contributed by atoms with E-state index in [4.69, 9.17) is 4.74 Å². The van der Waals surface area contributed by atoms with Crippen LogP contribution in [0.2, 0.25) is 0 Å².